The van der Waals surface area contributed by atoms with Crippen LogP contribution in [0.1, 0.15) is 34.0 Å². The third kappa shape index (κ3) is 2.99. The molecule has 1 aromatic rings. The largest absolute Gasteiger partial charge is 0.348 e. The first-order valence-electron chi connectivity index (χ1n) is 5.40. The molecule has 1 unspecified atom stereocenters. The first kappa shape index (κ1) is 13.0. The number of hydrogen-bond donors (Lipinski definition) is 1. The van der Waals surface area contributed by atoms with Gasteiger partial charge >= 0.3 is 0 Å². The van der Waals surface area contributed by atoms with E-state index in [2.05, 4.69) is 5.32 Å². The minimum Gasteiger partial charge on any atom is -0.348 e. The van der Waals surface area contributed by atoms with E-state index in [1.54, 1.807) is 0 Å². The summed E-state index contributed by atoms with van der Waals surface area (Å²) in [4.78, 5) is 12.0. The van der Waals surface area contributed by atoms with E-state index >= 15 is 0 Å². The van der Waals surface area contributed by atoms with Crippen LogP contribution in [0.5, 0.6) is 0 Å². The molecule has 2 nitrogen and oxygen atoms in total. The molecule has 16 heavy (non-hydrogen) atoms. The number of nitrogens with one attached hydrogen (secondary N) is 1. The molecule has 1 aromatic carbocycles. The molecule has 0 heterocycles. The average Bonchev–Trinajstić information content (AvgIpc) is 2.15. The Morgan fingerprint density at radius 2 is 1.81 bits per heavy atom. The number of hydrogen-bond acceptors (Lipinski definition) is 1. The Balaban J connectivity index is 3.00. The summed E-state index contributed by atoms with van der Waals surface area (Å²) in [5.74, 6) is 0.388. The zero-order valence-corrected chi connectivity index (χ0v) is 11.0. The SMILES string of the molecule is Cc1cc(C)c(C(=O)NC(C)CCl)c(C)c1. The highest BCUT2D eigenvalue weighted by molar-refractivity contribution is 6.18. The van der Waals surface area contributed by atoms with Crippen molar-refractivity contribution in [3.8, 4) is 0 Å². The first-order valence-corrected chi connectivity index (χ1v) is 5.93. The van der Waals surface area contributed by atoms with Crippen molar-refractivity contribution in [1.29, 1.82) is 0 Å². The summed E-state index contributed by atoms with van der Waals surface area (Å²) in [5.41, 5.74) is 3.97. The van der Waals surface area contributed by atoms with Gasteiger partial charge < -0.3 is 5.32 Å². The number of amides is 1. The normalized spacial score (nSPS) is 12.3. The molecule has 3 heteroatoms. The van der Waals surface area contributed by atoms with Crippen LogP contribution >= 0.6 is 11.6 Å². The Hall–Kier alpha value is -1.02. The second-order valence-corrected chi connectivity index (χ2v) is 4.61. The lowest BCUT2D eigenvalue weighted by Gasteiger charge is -2.14. The quantitative estimate of drug-likeness (QED) is 0.808. The Morgan fingerprint density at radius 3 is 2.25 bits per heavy atom. The maximum absolute atomic E-state index is 12.0. The second-order valence-electron chi connectivity index (χ2n) is 4.30. The van der Waals surface area contributed by atoms with Crippen molar-refractivity contribution < 1.29 is 4.79 Å². The van der Waals surface area contributed by atoms with E-state index in [1.807, 2.05) is 39.8 Å². The number of alkyl halides is 1. The number of carbonyl (C=O) groups excluding carboxylic acids is 1. The molecule has 0 aliphatic rings. The zero-order valence-electron chi connectivity index (χ0n) is 10.2. The summed E-state index contributed by atoms with van der Waals surface area (Å²) >= 11 is 5.67. The van der Waals surface area contributed by atoms with E-state index in [1.165, 1.54) is 5.56 Å². The molecule has 0 radical (unpaired) electrons. The highest BCUT2D eigenvalue weighted by Crippen LogP contribution is 2.16. The number of aryl methyl sites for hydroxylation is 3. The predicted molar refractivity (Wildman–Crippen MR) is 68.3 cm³/mol. The molecule has 0 aromatic heterocycles. The summed E-state index contributed by atoms with van der Waals surface area (Å²) in [6.07, 6.45) is 0. The molecule has 0 aliphatic heterocycles. The smallest absolute Gasteiger partial charge is 0.252 e. The number of benzene rings is 1. The fraction of sp³-hybridized carbons (Fsp3) is 0.462. The van der Waals surface area contributed by atoms with Gasteiger partial charge in [0, 0.05) is 17.5 Å². The van der Waals surface area contributed by atoms with E-state index in [0.717, 1.165) is 16.7 Å². The fourth-order valence-electron chi connectivity index (χ4n) is 1.87. The Labute approximate surface area is 102 Å². The highest BCUT2D eigenvalue weighted by atomic mass is 35.5. The van der Waals surface area contributed by atoms with Gasteiger partial charge in [-0.3, -0.25) is 4.79 Å². The number of rotatable bonds is 3. The lowest BCUT2D eigenvalue weighted by molar-refractivity contribution is 0.0942. The molecule has 1 rings (SSSR count). The summed E-state index contributed by atoms with van der Waals surface area (Å²) in [6, 6.07) is 4.04. The van der Waals surface area contributed by atoms with Gasteiger partial charge in [-0.1, -0.05) is 17.7 Å². The molecule has 0 saturated heterocycles. The monoisotopic (exact) mass is 239 g/mol. The van der Waals surface area contributed by atoms with Gasteiger partial charge in [0.2, 0.25) is 0 Å². The van der Waals surface area contributed by atoms with Gasteiger partial charge in [0.05, 0.1) is 0 Å². The molecule has 1 atom stereocenters. The lowest BCUT2D eigenvalue weighted by atomic mass is 9.99. The van der Waals surface area contributed by atoms with Crippen molar-refractivity contribution in [1.82, 2.24) is 5.32 Å². The molecule has 0 fully saturated rings. The van der Waals surface area contributed by atoms with Crippen LogP contribution < -0.4 is 5.32 Å². The van der Waals surface area contributed by atoms with Gasteiger partial charge in [0.15, 0.2) is 0 Å². The molecule has 1 amide bonds. The predicted octanol–water partition coefficient (Wildman–Crippen LogP) is 2.97. The van der Waals surface area contributed by atoms with Gasteiger partial charge in [-0.15, -0.1) is 11.6 Å². The van der Waals surface area contributed by atoms with E-state index in [0.29, 0.717) is 5.88 Å². The summed E-state index contributed by atoms with van der Waals surface area (Å²) in [7, 11) is 0. The van der Waals surface area contributed by atoms with Crippen LogP contribution in [0.3, 0.4) is 0 Å². The van der Waals surface area contributed by atoms with Crippen LogP contribution in [0.4, 0.5) is 0 Å². The van der Waals surface area contributed by atoms with Gasteiger partial charge in [-0.2, -0.15) is 0 Å². The molecular formula is C13H18ClNO. The second kappa shape index (κ2) is 5.35. The summed E-state index contributed by atoms with van der Waals surface area (Å²) < 4.78 is 0. The van der Waals surface area contributed by atoms with Crippen LogP contribution in [-0.4, -0.2) is 17.8 Å². The van der Waals surface area contributed by atoms with E-state index in [9.17, 15) is 4.79 Å². The Bertz CT molecular complexity index is 378. The van der Waals surface area contributed by atoms with Crippen molar-refractivity contribution in [2.45, 2.75) is 33.7 Å². The van der Waals surface area contributed by atoms with E-state index in [-0.39, 0.29) is 11.9 Å². The lowest BCUT2D eigenvalue weighted by Crippen LogP contribution is -2.34. The molecular weight excluding hydrogens is 222 g/mol. The van der Waals surface area contributed by atoms with Crippen molar-refractivity contribution in [2.24, 2.45) is 0 Å². The molecule has 88 valence electrons. The minimum atomic E-state index is -0.0387. The van der Waals surface area contributed by atoms with Gasteiger partial charge in [0.1, 0.15) is 0 Å². The number of carbonyl (C=O) groups is 1. The summed E-state index contributed by atoms with van der Waals surface area (Å²) in [6.45, 7) is 7.84. The van der Waals surface area contributed by atoms with Gasteiger partial charge in [0.25, 0.3) is 5.91 Å². The molecule has 0 aliphatic carbocycles. The minimum absolute atomic E-state index is 0.00531. The van der Waals surface area contributed by atoms with Crippen LogP contribution in [0, 0.1) is 20.8 Å². The fourth-order valence-corrected chi connectivity index (χ4v) is 1.95. The van der Waals surface area contributed by atoms with Crippen molar-refractivity contribution >= 4 is 17.5 Å². The van der Waals surface area contributed by atoms with Crippen molar-refractivity contribution in [3.05, 3.63) is 34.4 Å². The van der Waals surface area contributed by atoms with Crippen LogP contribution in [-0.2, 0) is 0 Å². The standard InChI is InChI=1S/C13H18ClNO/c1-8-5-9(2)12(10(3)6-8)13(16)15-11(4)7-14/h5-6,11H,7H2,1-4H3,(H,15,16). The molecule has 0 bridgehead atoms. The van der Waals surface area contributed by atoms with Crippen molar-refractivity contribution in [3.63, 3.8) is 0 Å². The van der Waals surface area contributed by atoms with Crippen LogP contribution in [0.25, 0.3) is 0 Å². The maximum atomic E-state index is 12.0. The molecule has 0 spiro atoms. The van der Waals surface area contributed by atoms with E-state index < -0.39 is 0 Å². The third-order valence-electron chi connectivity index (χ3n) is 2.51. The van der Waals surface area contributed by atoms with Crippen LogP contribution in [0.2, 0.25) is 0 Å². The number of halogens is 1. The average molecular weight is 240 g/mol. The third-order valence-corrected chi connectivity index (χ3v) is 2.98. The van der Waals surface area contributed by atoms with Crippen molar-refractivity contribution in [2.75, 3.05) is 5.88 Å². The van der Waals surface area contributed by atoms with Gasteiger partial charge in [-0.25, -0.2) is 0 Å². The molecule has 0 saturated carbocycles. The highest BCUT2D eigenvalue weighted by Gasteiger charge is 2.14. The molecule has 1 N–H and O–H groups in total. The summed E-state index contributed by atoms with van der Waals surface area (Å²) in [5, 5.41) is 2.88. The Morgan fingerprint density at radius 1 is 1.31 bits per heavy atom. The van der Waals surface area contributed by atoms with Gasteiger partial charge in [-0.05, 0) is 38.8 Å². The Kier molecular flexibility index (Phi) is 4.36. The van der Waals surface area contributed by atoms with Crippen LogP contribution in [0.15, 0.2) is 12.1 Å². The first-order chi connectivity index (χ1) is 7.45. The van der Waals surface area contributed by atoms with E-state index in [4.69, 9.17) is 11.6 Å². The topological polar surface area (TPSA) is 29.1 Å². The maximum Gasteiger partial charge on any atom is 0.252 e. The zero-order chi connectivity index (χ0) is 12.3.